The monoisotopic (exact) mass is 210 g/mol. The van der Waals surface area contributed by atoms with Gasteiger partial charge in [-0.15, -0.1) is 0 Å². The average molecular weight is 210 g/mol. The molecule has 4 nitrogen and oxygen atoms in total. The van der Waals surface area contributed by atoms with Gasteiger partial charge in [0.25, 0.3) is 0 Å². The number of hydrogen-bond acceptors (Lipinski definition) is 4. The molecule has 0 bridgehead atoms. The Kier molecular flexibility index (Phi) is 3.33. The van der Waals surface area contributed by atoms with Crippen molar-refractivity contribution in [3.8, 4) is 0 Å². The van der Waals surface area contributed by atoms with Crippen LogP contribution < -0.4 is 0 Å². The fourth-order valence-corrected chi connectivity index (χ4v) is 1.61. The largest absolute Gasteiger partial charge is 0.394 e. The summed E-state index contributed by atoms with van der Waals surface area (Å²) in [5, 5.41) is 18.0. The lowest BCUT2D eigenvalue weighted by Gasteiger charge is -2.09. The van der Waals surface area contributed by atoms with Crippen LogP contribution in [0.1, 0.15) is 11.9 Å². The molecule has 82 valence electrons. The highest BCUT2D eigenvalue weighted by atomic mass is 16.7. The van der Waals surface area contributed by atoms with Gasteiger partial charge in [0.1, 0.15) is 12.2 Å². The standard InChI is InChI=1S/C11H14O4/c12-6-9-10(7-13)15-11(14-9)8-4-2-1-3-5-8/h1-5,9-13H,6-7H2/t9-,10-/m0/s1. The van der Waals surface area contributed by atoms with Crippen LogP contribution in [-0.4, -0.2) is 35.6 Å². The Balaban J connectivity index is 2.08. The summed E-state index contributed by atoms with van der Waals surface area (Å²) in [5.74, 6) is 0. The van der Waals surface area contributed by atoms with E-state index in [2.05, 4.69) is 0 Å². The topological polar surface area (TPSA) is 58.9 Å². The van der Waals surface area contributed by atoms with Crippen LogP contribution in [0.15, 0.2) is 30.3 Å². The predicted molar refractivity (Wildman–Crippen MR) is 53.1 cm³/mol. The molecule has 0 unspecified atom stereocenters. The van der Waals surface area contributed by atoms with Crippen LogP contribution in [0.4, 0.5) is 0 Å². The molecule has 2 atom stereocenters. The van der Waals surface area contributed by atoms with E-state index in [0.29, 0.717) is 0 Å². The first kappa shape index (κ1) is 10.6. The fraction of sp³-hybridized carbons (Fsp3) is 0.455. The van der Waals surface area contributed by atoms with E-state index in [9.17, 15) is 0 Å². The van der Waals surface area contributed by atoms with Gasteiger partial charge in [-0.1, -0.05) is 30.3 Å². The molecule has 0 radical (unpaired) electrons. The van der Waals surface area contributed by atoms with E-state index in [4.69, 9.17) is 19.7 Å². The van der Waals surface area contributed by atoms with Gasteiger partial charge >= 0.3 is 0 Å². The zero-order valence-electron chi connectivity index (χ0n) is 8.24. The summed E-state index contributed by atoms with van der Waals surface area (Å²) >= 11 is 0. The lowest BCUT2D eigenvalue weighted by molar-refractivity contribution is -0.0770. The van der Waals surface area contributed by atoms with Crippen molar-refractivity contribution >= 4 is 0 Å². The third kappa shape index (κ3) is 2.18. The number of ether oxygens (including phenoxy) is 2. The van der Waals surface area contributed by atoms with E-state index in [-0.39, 0.29) is 13.2 Å². The van der Waals surface area contributed by atoms with Gasteiger partial charge in [-0.2, -0.15) is 0 Å². The van der Waals surface area contributed by atoms with E-state index in [1.54, 1.807) is 0 Å². The highest BCUT2D eigenvalue weighted by molar-refractivity contribution is 5.16. The summed E-state index contributed by atoms with van der Waals surface area (Å²) < 4.78 is 10.9. The lowest BCUT2D eigenvalue weighted by atomic mass is 10.2. The normalized spacial score (nSPS) is 27.1. The molecule has 4 heteroatoms. The predicted octanol–water partition coefficient (Wildman–Crippen LogP) is 0.454. The molecule has 1 aliphatic rings. The molecular weight excluding hydrogens is 196 g/mol. The molecule has 2 rings (SSSR count). The Morgan fingerprint density at radius 2 is 1.47 bits per heavy atom. The third-order valence-electron chi connectivity index (χ3n) is 2.44. The van der Waals surface area contributed by atoms with E-state index < -0.39 is 18.5 Å². The molecule has 0 amide bonds. The summed E-state index contributed by atoms with van der Waals surface area (Å²) in [6.07, 6.45) is -1.37. The van der Waals surface area contributed by atoms with Gasteiger partial charge in [-0.25, -0.2) is 0 Å². The van der Waals surface area contributed by atoms with Crippen molar-refractivity contribution in [3.05, 3.63) is 35.9 Å². The van der Waals surface area contributed by atoms with Crippen LogP contribution >= 0.6 is 0 Å². The van der Waals surface area contributed by atoms with Crippen molar-refractivity contribution in [1.29, 1.82) is 0 Å². The molecule has 1 aromatic rings. The van der Waals surface area contributed by atoms with E-state index >= 15 is 0 Å². The van der Waals surface area contributed by atoms with Crippen molar-refractivity contribution in [2.45, 2.75) is 18.5 Å². The SMILES string of the molecule is OC[C@@H]1OC(c2ccccc2)O[C@H]1CO. The van der Waals surface area contributed by atoms with Crippen molar-refractivity contribution in [3.63, 3.8) is 0 Å². The molecule has 0 aliphatic carbocycles. The van der Waals surface area contributed by atoms with E-state index in [1.165, 1.54) is 0 Å². The molecule has 1 aliphatic heterocycles. The molecule has 0 spiro atoms. The van der Waals surface area contributed by atoms with Crippen molar-refractivity contribution in [2.24, 2.45) is 0 Å². The van der Waals surface area contributed by atoms with Crippen LogP contribution in [0.5, 0.6) is 0 Å². The Morgan fingerprint density at radius 3 is 1.93 bits per heavy atom. The van der Waals surface area contributed by atoms with Gasteiger partial charge in [0, 0.05) is 5.56 Å². The maximum absolute atomic E-state index is 9.02. The van der Waals surface area contributed by atoms with Crippen LogP contribution in [0.25, 0.3) is 0 Å². The first-order valence-corrected chi connectivity index (χ1v) is 4.92. The highest BCUT2D eigenvalue weighted by Gasteiger charge is 2.35. The second-order valence-corrected chi connectivity index (χ2v) is 3.46. The van der Waals surface area contributed by atoms with Crippen molar-refractivity contribution < 1.29 is 19.7 Å². The lowest BCUT2D eigenvalue weighted by Crippen LogP contribution is -2.29. The summed E-state index contributed by atoms with van der Waals surface area (Å²) in [6, 6.07) is 9.47. The van der Waals surface area contributed by atoms with E-state index in [1.807, 2.05) is 30.3 Å². The number of aliphatic hydroxyl groups is 2. The van der Waals surface area contributed by atoms with Crippen LogP contribution in [0, 0.1) is 0 Å². The molecule has 0 saturated carbocycles. The zero-order chi connectivity index (χ0) is 10.7. The van der Waals surface area contributed by atoms with Gasteiger partial charge in [-0.3, -0.25) is 0 Å². The first-order valence-electron chi connectivity index (χ1n) is 4.92. The van der Waals surface area contributed by atoms with Gasteiger partial charge in [0.2, 0.25) is 0 Å². The second-order valence-electron chi connectivity index (χ2n) is 3.46. The maximum Gasteiger partial charge on any atom is 0.184 e. The number of aliphatic hydroxyl groups excluding tert-OH is 2. The quantitative estimate of drug-likeness (QED) is 0.760. The van der Waals surface area contributed by atoms with Crippen LogP contribution in [-0.2, 0) is 9.47 Å². The van der Waals surface area contributed by atoms with Gasteiger partial charge in [0.15, 0.2) is 6.29 Å². The van der Waals surface area contributed by atoms with Crippen molar-refractivity contribution in [2.75, 3.05) is 13.2 Å². The minimum atomic E-state index is -0.486. The van der Waals surface area contributed by atoms with Gasteiger partial charge < -0.3 is 19.7 Å². The summed E-state index contributed by atoms with van der Waals surface area (Å²) in [5.41, 5.74) is 0.895. The minimum absolute atomic E-state index is 0.144. The van der Waals surface area contributed by atoms with E-state index in [0.717, 1.165) is 5.56 Å². The Hall–Kier alpha value is -0.940. The molecule has 1 saturated heterocycles. The van der Waals surface area contributed by atoms with Crippen molar-refractivity contribution in [1.82, 2.24) is 0 Å². The maximum atomic E-state index is 9.02. The molecule has 1 aromatic carbocycles. The molecule has 0 aromatic heterocycles. The van der Waals surface area contributed by atoms with Crippen LogP contribution in [0.2, 0.25) is 0 Å². The Bertz CT molecular complexity index is 289. The summed E-state index contributed by atoms with van der Waals surface area (Å²) in [7, 11) is 0. The fourth-order valence-electron chi connectivity index (χ4n) is 1.61. The Labute approximate surface area is 88.1 Å². The molecule has 1 fully saturated rings. The third-order valence-corrected chi connectivity index (χ3v) is 2.44. The first-order chi connectivity index (χ1) is 7.35. The zero-order valence-corrected chi connectivity index (χ0v) is 8.24. The average Bonchev–Trinajstić information content (AvgIpc) is 2.73. The molecular formula is C11H14O4. The minimum Gasteiger partial charge on any atom is -0.394 e. The summed E-state index contributed by atoms with van der Waals surface area (Å²) in [4.78, 5) is 0. The number of benzene rings is 1. The Morgan fingerprint density at radius 1 is 0.933 bits per heavy atom. The molecule has 15 heavy (non-hydrogen) atoms. The highest BCUT2D eigenvalue weighted by Crippen LogP contribution is 2.30. The molecule has 1 heterocycles. The molecule has 2 N–H and O–H groups in total. The smallest absolute Gasteiger partial charge is 0.184 e. The second kappa shape index (κ2) is 4.72. The van der Waals surface area contributed by atoms with Gasteiger partial charge in [0.05, 0.1) is 13.2 Å². The van der Waals surface area contributed by atoms with Crippen LogP contribution in [0.3, 0.4) is 0 Å². The van der Waals surface area contributed by atoms with Gasteiger partial charge in [-0.05, 0) is 0 Å². The summed E-state index contributed by atoms with van der Waals surface area (Å²) in [6.45, 7) is -0.289. The number of rotatable bonds is 3. The number of hydrogen-bond donors (Lipinski definition) is 2.